The number of rotatable bonds is 2. The molecule has 0 bridgehead atoms. The maximum Gasteiger partial charge on any atom is 0.224 e. The third-order valence-electron chi connectivity index (χ3n) is 3.08. The number of carbonyl (C=O) groups is 1. The maximum absolute atomic E-state index is 11.6. The first-order valence-electron chi connectivity index (χ1n) is 5.46. The molecule has 1 aromatic rings. The van der Waals surface area contributed by atoms with Crippen molar-refractivity contribution in [3.8, 4) is 6.07 Å². The predicted molar refractivity (Wildman–Crippen MR) is 60.4 cm³/mol. The molecule has 1 saturated heterocycles. The number of amides is 1. The van der Waals surface area contributed by atoms with E-state index in [-0.39, 0.29) is 11.9 Å². The van der Waals surface area contributed by atoms with Gasteiger partial charge in [-0.2, -0.15) is 5.26 Å². The normalized spacial score (nSPS) is 19.9. The fourth-order valence-corrected chi connectivity index (χ4v) is 2.04. The minimum absolute atomic E-state index is 0.0924. The van der Waals surface area contributed by atoms with Crippen molar-refractivity contribution in [3.05, 3.63) is 35.4 Å². The van der Waals surface area contributed by atoms with Crippen LogP contribution in [0.3, 0.4) is 0 Å². The first-order chi connectivity index (χ1) is 7.72. The van der Waals surface area contributed by atoms with Crippen LogP contribution in [0.2, 0.25) is 0 Å². The molecule has 0 radical (unpaired) electrons. The van der Waals surface area contributed by atoms with E-state index in [1.54, 1.807) is 4.90 Å². The average molecular weight is 214 g/mol. The Morgan fingerprint density at radius 3 is 2.94 bits per heavy atom. The SMILES string of the molecule is Cc1ccccc1CN1C(=O)CCC1C#N. The highest BCUT2D eigenvalue weighted by atomic mass is 16.2. The van der Waals surface area contributed by atoms with E-state index in [1.807, 2.05) is 31.2 Å². The summed E-state index contributed by atoms with van der Waals surface area (Å²) in [6.45, 7) is 2.58. The number of aryl methyl sites for hydroxylation is 1. The Morgan fingerprint density at radius 1 is 1.50 bits per heavy atom. The Balaban J connectivity index is 2.18. The topological polar surface area (TPSA) is 44.1 Å². The summed E-state index contributed by atoms with van der Waals surface area (Å²) in [7, 11) is 0. The van der Waals surface area contributed by atoms with Crippen molar-refractivity contribution < 1.29 is 4.79 Å². The highest BCUT2D eigenvalue weighted by Crippen LogP contribution is 2.21. The van der Waals surface area contributed by atoms with Crippen LogP contribution in [0.15, 0.2) is 24.3 Å². The minimum Gasteiger partial charge on any atom is -0.322 e. The summed E-state index contributed by atoms with van der Waals surface area (Å²) in [5, 5.41) is 8.96. The third kappa shape index (κ3) is 1.92. The second kappa shape index (κ2) is 4.36. The van der Waals surface area contributed by atoms with E-state index >= 15 is 0 Å². The number of benzene rings is 1. The lowest BCUT2D eigenvalue weighted by Crippen LogP contribution is -2.31. The van der Waals surface area contributed by atoms with E-state index in [0.717, 1.165) is 5.56 Å². The van der Waals surface area contributed by atoms with Gasteiger partial charge in [-0.15, -0.1) is 0 Å². The fraction of sp³-hybridized carbons (Fsp3) is 0.385. The summed E-state index contributed by atoms with van der Waals surface area (Å²) in [5.74, 6) is 0.0924. The number of likely N-dealkylation sites (tertiary alicyclic amines) is 1. The van der Waals surface area contributed by atoms with Crippen LogP contribution in [0, 0.1) is 18.3 Å². The molecule has 1 aliphatic heterocycles. The van der Waals surface area contributed by atoms with Gasteiger partial charge in [-0.05, 0) is 24.5 Å². The number of hydrogen-bond acceptors (Lipinski definition) is 2. The van der Waals surface area contributed by atoms with Crippen molar-refractivity contribution in [2.24, 2.45) is 0 Å². The van der Waals surface area contributed by atoms with Gasteiger partial charge in [0.2, 0.25) is 5.91 Å². The molecule has 0 saturated carbocycles. The summed E-state index contributed by atoms with van der Waals surface area (Å²) >= 11 is 0. The molecular weight excluding hydrogens is 200 g/mol. The summed E-state index contributed by atoms with van der Waals surface area (Å²) in [4.78, 5) is 13.3. The molecule has 3 nitrogen and oxygen atoms in total. The molecule has 1 amide bonds. The predicted octanol–water partition coefficient (Wildman–Crippen LogP) is 2.01. The molecule has 1 aromatic carbocycles. The van der Waals surface area contributed by atoms with Gasteiger partial charge in [0, 0.05) is 13.0 Å². The molecule has 1 unspecified atom stereocenters. The van der Waals surface area contributed by atoms with Crippen molar-refractivity contribution in [3.63, 3.8) is 0 Å². The Labute approximate surface area is 95.3 Å². The Morgan fingerprint density at radius 2 is 2.25 bits per heavy atom. The van der Waals surface area contributed by atoms with E-state index < -0.39 is 0 Å². The van der Waals surface area contributed by atoms with Crippen molar-refractivity contribution in [2.45, 2.75) is 32.4 Å². The standard InChI is InChI=1S/C13H14N2O/c1-10-4-2-3-5-11(10)9-15-12(8-14)6-7-13(15)16/h2-5,12H,6-7,9H2,1H3. The number of nitriles is 1. The monoisotopic (exact) mass is 214 g/mol. The first kappa shape index (κ1) is 10.7. The van der Waals surface area contributed by atoms with Gasteiger partial charge in [0.1, 0.15) is 6.04 Å². The van der Waals surface area contributed by atoms with Gasteiger partial charge in [0.05, 0.1) is 6.07 Å². The van der Waals surface area contributed by atoms with Crippen LogP contribution < -0.4 is 0 Å². The zero-order valence-corrected chi connectivity index (χ0v) is 9.31. The highest BCUT2D eigenvalue weighted by molar-refractivity contribution is 5.79. The van der Waals surface area contributed by atoms with Gasteiger partial charge in [-0.1, -0.05) is 24.3 Å². The van der Waals surface area contributed by atoms with E-state index in [9.17, 15) is 4.79 Å². The summed E-state index contributed by atoms with van der Waals surface area (Å²) in [6, 6.07) is 9.92. The van der Waals surface area contributed by atoms with Crippen LogP contribution in [0.4, 0.5) is 0 Å². The second-order valence-electron chi connectivity index (χ2n) is 4.13. The van der Waals surface area contributed by atoms with E-state index in [0.29, 0.717) is 19.4 Å². The Kier molecular flexibility index (Phi) is 2.91. The van der Waals surface area contributed by atoms with E-state index in [1.165, 1.54) is 5.56 Å². The molecule has 2 rings (SSSR count). The molecule has 0 spiro atoms. The van der Waals surface area contributed by atoms with E-state index in [4.69, 9.17) is 5.26 Å². The number of hydrogen-bond donors (Lipinski definition) is 0. The summed E-state index contributed by atoms with van der Waals surface area (Å²) in [5.41, 5.74) is 2.29. The van der Waals surface area contributed by atoms with Gasteiger partial charge >= 0.3 is 0 Å². The molecule has 3 heteroatoms. The lowest BCUT2D eigenvalue weighted by Gasteiger charge is -2.20. The van der Waals surface area contributed by atoms with Gasteiger partial charge in [-0.25, -0.2) is 0 Å². The third-order valence-corrected chi connectivity index (χ3v) is 3.08. The molecule has 0 aromatic heterocycles. The van der Waals surface area contributed by atoms with Crippen molar-refractivity contribution >= 4 is 5.91 Å². The molecule has 0 N–H and O–H groups in total. The van der Waals surface area contributed by atoms with Crippen LogP contribution in [0.25, 0.3) is 0 Å². The van der Waals surface area contributed by atoms with Crippen LogP contribution in [-0.4, -0.2) is 16.8 Å². The average Bonchev–Trinajstić information content (AvgIpc) is 2.63. The van der Waals surface area contributed by atoms with Gasteiger partial charge in [-0.3, -0.25) is 4.79 Å². The zero-order chi connectivity index (χ0) is 11.5. The van der Waals surface area contributed by atoms with Gasteiger partial charge in [0.25, 0.3) is 0 Å². The molecule has 1 heterocycles. The largest absolute Gasteiger partial charge is 0.322 e. The molecule has 16 heavy (non-hydrogen) atoms. The van der Waals surface area contributed by atoms with Crippen molar-refractivity contribution in [2.75, 3.05) is 0 Å². The quantitative estimate of drug-likeness (QED) is 0.755. The fourth-order valence-electron chi connectivity index (χ4n) is 2.04. The number of carbonyl (C=O) groups excluding carboxylic acids is 1. The number of nitrogens with zero attached hydrogens (tertiary/aromatic N) is 2. The Bertz CT molecular complexity index is 447. The van der Waals surface area contributed by atoms with Crippen LogP contribution in [0.5, 0.6) is 0 Å². The first-order valence-corrected chi connectivity index (χ1v) is 5.46. The minimum atomic E-state index is -0.243. The molecule has 0 aliphatic carbocycles. The molecule has 1 fully saturated rings. The lowest BCUT2D eigenvalue weighted by atomic mass is 10.1. The zero-order valence-electron chi connectivity index (χ0n) is 9.31. The molecule has 82 valence electrons. The maximum atomic E-state index is 11.6. The molecule has 1 aliphatic rings. The lowest BCUT2D eigenvalue weighted by molar-refractivity contribution is -0.128. The summed E-state index contributed by atoms with van der Waals surface area (Å²) < 4.78 is 0. The van der Waals surface area contributed by atoms with Crippen LogP contribution >= 0.6 is 0 Å². The van der Waals surface area contributed by atoms with Crippen LogP contribution in [-0.2, 0) is 11.3 Å². The smallest absolute Gasteiger partial charge is 0.224 e. The highest BCUT2D eigenvalue weighted by Gasteiger charge is 2.30. The molecular formula is C13H14N2O. The van der Waals surface area contributed by atoms with Gasteiger partial charge < -0.3 is 4.90 Å². The second-order valence-corrected chi connectivity index (χ2v) is 4.13. The van der Waals surface area contributed by atoms with Gasteiger partial charge in [0.15, 0.2) is 0 Å². The van der Waals surface area contributed by atoms with Crippen LogP contribution in [0.1, 0.15) is 24.0 Å². The van der Waals surface area contributed by atoms with Crippen molar-refractivity contribution in [1.82, 2.24) is 4.90 Å². The summed E-state index contributed by atoms with van der Waals surface area (Å²) in [6.07, 6.45) is 1.17. The van der Waals surface area contributed by atoms with Crippen molar-refractivity contribution in [1.29, 1.82) is 5.26 Å². The Hall–Kier alpha value is -1.82. The molecule has 1 atom stereocenters. The van der Waals surface area contributed by atoms with E-state index in [2.05, 4.69) is 6.07 Å².